The fourth-order valence-electron chi connectivity index (χ4n) is 1.27. The molecule has 1 rings (SSSR count). The van der Waals surface area contributed by atoms with Gasteiger partial charge in [0.2, 0.25) is 5.91 Å². The molecule has 3 N–H and O–H groups in total. The summed E-state index contributed by atoms with van der Waals surface area (Å²) in [5.74, 6) is -1.62. The molecule has 1 fully saturated rings. The van der Waals surface area contributed by atoms with Gasteiger partial charge in [-0.25, -0.2) is 0 Å². The predicted octanol–water partition coefficient (Wildman–Crippen LogP) is 0.119. The van der Waals surface area contributed by atoms with Gasteiger partial charge in [0.1, 0.15) is 0 Å². The summed E-state index contributed by atoms with van der Waals surface area (Å²) >= 11 is 0. The Kier molecular flexibility index (Phi) is 3.97. The molecule has 0 radical (unpaired) electrons. The van der Waals surface area contributed by atoms with Crippen molar-refractivity contribution in [3.05, 3.63) is 0 Å². The van der Waals surface area contributed by atoms with E-state index in [1.54, 1.807) is 0 Å². The molecule has 8 heteroatoms. The fourth-order valence-corrected chi connectivity index (χ4v) is 1.27. The number of hydrogen-bond donors (Lipinski definition) is 3. The highest BCUT2D eigenvalue weighted by Crippen LogP contribution is 2.45. The topological polar surface area (TPSA) is 78.4 Å². The number of hydrogen-bond acceptors (Lipinski definition) is 3. The van der Waals surface area contributed by atoms with Crippen LogP contribution in [0.2, 0.25) is 0 Å². The molecule has 0 saturated heterocycles. The Morgan fingerprint density at radius 2 is 1.88 bits per heavy atom. The molecule has 0 atom stereocenters. The molecule has 0 aliphatic heterocycles. The maximum atomic E-state index is 11.7. The first kappa shape index (κ1) is 13.8. The van der Waals surface area contributed by atoms with Gasteiger partial charge in [-0.3, -0.25) is 9.59 Å². The summed E-state index contributed by atoms with van der Waals surface area (Å²) in [5.41, 5.74) is -0.903. The van der Waals surface area contributed by atoms with E-state index in [-0.39, 0.29) is 6.54 Å². The molecule has 1 aliphatic carbocycles. The quantitative estimate of drug-likeness (QED) is 0.629. The Morgan fingerprint density at radius 1 is 1.29 bits per heavy atom. The van der Waals surface area contributed by atoms with Crippen LogP contribution >= 0.6 is 0 Å². The van der Waals surface area contributed by atoms with Crippen LogP contribution in [0.3, 0.4) is 0 Å². The maximum absolute atomic E-state index is 11.7. The largest absolute Gasteiger partial charge is 0.481 e. The molecule has 0 spiro atoms. The molecular weight excluding hydrogens is 241 g/mol. The van der Waals surface area contributed by atoms with Crippen LogP contribution in [0.5, 0.6) is 0 Å². The number of alkyl halides is 3. The number of rotatable bonds is 6. The molecule has 0 aromatic carbocycles. The van der Waals surface area contributed by atoms with Crippen LogP contribution in [-0.4, -0.2) is 42.8 Å². The standard InChI is InChI=1S/C9H13F3N2O3/c10-9(11,12)5-13-3-6(15)14-4-8(1-2-8)7(16)17/h13H,1-5H2,(H,14,15)(H,16,17). The lowest BCUT2D eigenvalue weighted by atomic mass is 10.1. The Bertz CT molecular complexity index is 313. The Labute approximate surface area is 95.4 Å². The van der Waals surface area contributed by atoms with Crippen LogP contribution in [0.15, 0.2) is 0 Å². The van der Waals surface area contributed by atoms with E-state index in [9.17, 15) is 22.8 Å². The molecule has 0 unspecified atom stereocenters. The van der Waals surface area contributed by atoms with Crippen molar-refractivity contribution in [1.29, 1.82) is 0 Å². The van der Waals surface area contributed by atoms with Crippen molar-refractivity contribution in [2.24, 2.45) is 5.41 Å². The maximum Gasteiger partial charge on any atom is 0.401 e. The minimum atomic E-state index is -4.36. The summed E-state index contributed by atoms with van der Waals surface area (Å²) in [4.78, 5) is 21.8. The van der Waals surface area contributed by atoms with E-state index in [1.807, 2.05) is 5.32 Å². The second-order valence-corrected chi connectivity index (χ2v) is 4.08. The van der Waals surface area contributed by atoms with E-state index in [2.05, 4.69) is 5.32 Å². The average Bonchev–Trinajstić information content (AvgIpc) is 2.93. The zero-order valence-corrected chi connectivity index (χ0v) is 8.93. The number of carboxylic acid groups (broad SMARTS) is 1. The third-order valence-corrected chi connectivity index (χ3v) is 2.54. The van der Waals surface area contributed by atoms with Gasteiger partial charge in [0.25, 0.3) is 0 Å². The first-order chi connectivity index (χ1) is 7.75. The number of halogens is 3. The van der Waals surface area contributed by atoms with Crippen molar-refractivity contribution < 1.29 is 27.9 Å². The van der Waals surface area contributed by atoms with Crippen LogP contribution < -0.4 is 10.6 Å². The van der Waals surface area contributed by atoms with E-state index in [0.717, 1.165) is 0 Å². The van der Waals surface area contributed by atoms with Gasteiger partial charge in [0, 0.05) is 6.54 Å². The van der Waals surface area contributed by atoms with Crippen LogP contribution in [0.25, 0.3) is 0 Å². The number of carbonyl (C=O) groups excluding carboxylic acids is 1. The third kappa shape index (κ3) is 4.59. The highest BCUT2D eigenvalue weighted by molar-refractivity contribution is 5.81. The van der Waals surface area contributed by atoms with E-state index in [1.165, 1.54) is 0 Å². The summed E-state index contributed by atoms with van der Waals surface area (Å²) in [6, 6.07) is 0. The SMILES string of the molecule is O=C(CNCC(F)(F)F)NCC1(C(=O)O)CC1. The van der Waals surface area contributed by atoms with Crippen LogP contribution in [0, 0.1) is 5.41 Å². The van der Waals surface area contributed by atoms with Gasteiger partial charge in [-0.15, -0.1) is 0 Å². The lowest BCUT2D eigenvalue weighted by Crippen LogP contribution is -2.41. The number of carbonyl (C=O) groups is 2. The normalized spacial score (nSPS) is 17.6. The number of nitrogens with one attached hydrogen (secondary N) is 2. The smallest absolute Gasteiger partial charge is 0.401 e. The molecule has 17 heavy (non-hydrogen) atoms. The van der Waals surface area contributed by atoms with Crippen molar-refractivity contribution in [2.45, 2.75) is 19.0 Å². The summed E-state index contributed by atoms with van der Waals surface area (Å²) in [5, 5.41) is 13.0. The van der Waals surface area contributed by atoms with Crippen LogP contribution in [-0.2, 0) is 9.59 Å². The monoisotopic (exact) mass is 254 g/mol. The minimum absolute atomic E-state index is 0.0329. The highest BCUT2D eigenvalue weighted by atomic mass is 19.4. The molecular formula is C9H13F3N2O3. The van der Waals surface area contributed by atoms with Gasteiger partial charge in [-0.1, -0.05) is 0 Å². The molecule has 0 aromatic rings. The van der Waals surface area contributed by atoms with Crippen LogP contribution in [0.1, 0.15) is 12.8 Å². The molecule has 0 aromatic heterocycles. The van der Waals surface area contributed by atoms with E-state index in [0.29, 0.717) is 12.8 Å². The van der Waals surface area contributed by atoms with E-state index in [4.69, 9.17) is 5.11 Å². The van der Waals surface area contributed by atoms with Crippen molar-refractivity contribution in [1.82, 2.24) is 10.6 Å². The lowest BCUT2D eigenvalue weighted by molar-refractivity contribution is -0.143. The van der Waals surface area contributed by atoms with Gasteiger partial charge in [0.05, 0.1) is 18.5 Å². The van der Waals surface area contributed by atoms with Gasteiger partial charge in [-0.2, -0.15) is 13.2 Å². The molecule has 1 saturated carbocycles. The van der Waals surface area contributed by atoms with Gasteiger partial charge in [-0.05, 0) is 12.8 Å². The average molecular weight is 254 g/mol. The number of carboxylic acids is 1. The Balaban J connectivity index is 2.16. The third-order valence-electron chi connectivity index (χ3n) is 2.54. The molecule has 0 bridgehead atoms. The van der Waals surface area contributed by atoms with Crippen molar-refractivity contribution in [3.63, 3.8) is 0 Å². The second kappa shape index (κ2) is 4.91. The van der Waals surface area contributed by atoms with Gasteiger partial charge in [0.15, 0.2) is 0 Å². The van der Waals surface area contributed by atoms with E-state index >= 15 is 0 Å². The van der Waals surface area contributed by atoms with Crippen molar-refractivity contribution in [2.75, 3.05) is 19.6 Å². The van der Waals surface area contributed by atoms with Crippen molar-refractivity contribution in [3.8, 4) is 0 Å². The van der Waals surface area contributed by atoms with E-state index < -0.39 is 36.6 Å². The lowest BCUT2D eigenvalue weighted by Gasteiger charge is -2.12. The Hall–Kier alpha value is -1.31. The second-order valence-electron chi connectivity index (χ2n) is 4.08. The zero-order chi connectivity index (χ0) is 13.1. The molecule has 1 aliphatic rings. The highest BCUT2D eigenvalue weighted by Gasteiger charge is 2.50. The molecule has 1 amide bonds. The first-order valence-corrected chi connectivity index (χ1v) is 5.03. The molecule has 5 nitrogen and oxygen atoms in total. The predicted molar refractivity (Wildman–Crippen MR) is 51.2 cm³/mol. The fraction of sp³-hybridized carbons (Fsp3) is 0.778. The summed E-state index contributed by atoms with van der Waals surface area (Å²) in [6.07, 6.45) is -3.39. The van der Waals surface area contributed by atoms with Gasteiger partial charge < -0.3 is 15.7 Å². The zero-order valence-electron chi connectivity index (χ0n) is 8.93. The molecule has 0 heterocycles. The summed E-state index contributed by atoms with van der Waals surface area (Å²) < 4.78 is 35.2. The molecule has 98 valence electrons. The summed E-state index contributed by atoms with van der Waals surface area (Å²) in [6.45, 7) is -1.76. The number of amides is 1. The number of aliphatic carboxylic acids is 1. The Morgan fingerprint density at radius 3 is 2.29 bits per heavy atom. The minimum Gasteiger partial charge on any atom is -0.481 e. The van der Waals surface area contributed by atoms with Gasteiger partial charge >= 0.3 is 12.1 Å². The van der Waals surface area contributed by atoms with Crippen LogP contribution in [0.4, 0.5) is 13.2 Å². The van der Waals surface area contributed by atoms with Crippen molar-refractivity contribution >= 4 is 11.9 Å². The summed E-state index contributed by atoms with van der Waals surface area (Å²) in [7, 11) is 0. The first-order valence-electron chi connectivity index (χ1n) is 5.03.